The molecule has 5 nitrogen and oxygen atoms in total. The monoisotopic (exact) mass is 228 g/mol. The van der Waals surface area contributed by atoms with Crippen molar-refractivity contribution in [2.45, 2.75) is 0 Å². The highest BCUT2D eigenvalue weighted by atomic mass is 19.1. The number of amides is 1. The van der Waals surface area contributed by atoms with Crippen molar-refractivity contribution in [2.75, 3.05) is 32.2 Å². The highest BCUT2D eigenvalue weighted by Crippen LogP contribution is 2.02. The van der Waals surface area contributed by atoms with Crippen LogP contribution in [0, 0.1) is 5.95 Å². The molecule has 0 saturated heterocycles. The Bertz CT molecular complexity index is 347. The summed E-state index contributed by atoms with van der Waals surface area (Å²) in [6.45, 7) is 0.646. The van der Waals surface area contributed by atoms with Gasteiger partial charge in [-0.15, -0.1) is 0 Å². The molecule has 0 aromatic carbocycles. The van der Waals surface area contributed by atoms with Crippen molar-refractivity contribution in [3.05, 3.63) is 24.1 Å². The van der Waals surface area contributed by atoms with Crippen LogP contribution in [0.4, 0.5) is 10.2 Å². The lowest BCUT2D eigenvalue weighted by Crippen LogP contribution is -2.20. The average Bonchev–Trinajstić information content (AvgIpc) is 2.24. The van der Waals surface area contributed by atoms with Crippen LogP contribution in [0.15, 0.2) is 18.2 Å². The van der Waals surface area contributed by atoms with Crippen molar-refractivity contribution in [1.82, 2.24) is 4.98 Å². The average molecular weight is 228 g/mol. The minimum atomic E-state index is -0.641. The quantitative estimate of drug-likeness (QED) is 0.578. The fourth-order valence-electron chi connectivity index (χ4n) is 0.964. The molecule has 0 fully saturated rings. The number of pyridine rings is 1. The van der Waals surface area contributed by atoms with Crippen molar-refractivity contribution >= 4 is 11.7 Å². The van der Waals surface area contributed by atoms with E-state index in [1.165, 1.54) is 18.2 Å². The molecule has 88 valence electrons. The second-order valence-electron chi connectivity index (χ2n) is 2.94. The van der Waals surface area contributed by atoms with E-state index in [2.05, 4.69) is 10.3 Å². The van der Waals surface area contributed by atoms with Crippen LogP contribution in [0.3, 0.4) is 0 Å². The van der Waals surface area contributed by atoms with E-state index < -0.39 is 5.95 Å². The zero-order valence-electron chi connectivity index (χ0n) is 8.90. The molecular weight excluding hydrogens is 215 g/mol. The summed E-state index contributed by atoms with van der Waals surface area (Å²) in [6, 6.07) is 4.16. The zero-order valence-corrected chi connectivity index (χ0v) is 8.90. The Kier molecular flexibility index (Phi) is 5.38. The lowest BCUT2D eigenvalue weighted by molar-refractivity contribution is -0.121. The van der Waals surface area contributed by atoms with Crippen LogP contribution in [0.2, 0.25) is 0 Å². The second kappa shape index (κ2) is 6.86. The molecule has 0 saturated carbocycles. The molecule has 1 amide bonds. The van der Waals surface area contributed by atoms with Gasteiger partial charge in [0.15, 0.2) is 0 Å². The molecule has 6 heteroatoms. The van der Waals surface area contributed by atoms with Crippen LogP contribution in [0.1, 0.15) is 0 Å². The molecule has 0 atom stereocenters. The topological polar surface area (TPSA) is 60.5 Å². The number of carbonyl (C=O) groups is 1. The number of halogens is 1. The van der Waals surface area contributed by atoms with Gasteiger partial charge in [-0.3, -0.25) is 4.79 Å². The van der Waals surface area contributed by atoms with E-state index in [0.29, 0.717) is 13.2 Å². The molecule has 1 aromatic heterocycles. The summed E-state index contributed by atoms with van der Waals surface area (Å²) in [5.41, 5.74) is 0. The number of aromatic nitrogens is 1. The number of methoxy groups -OCH3 is 1. The van der Waals surface area contributed by atoms with E-state index in [1.54, 1.807) is 7.11 Å². The van der Waals surface area contributed by atoms with Gasteiger partial charge in [-0.05, 0) is 12.1 Å². The first kappa shape index (κ1) is 12.5. The minimum absolute atomic E-state index is 0.110. The van der Waals surface area contributed by atoms with Gasteiger partial charge in [0, 0.05) is 7.11 Å². The smallest absolute Gasteiger partial charge is 0.251 e. The highest BCUT2D eigenvalue weighted by Gasteiger charge is 2.03. The Morgan fingerprint density at radius 2 is 2.31 bits per heavy atom. The SMILES string of the molecule is COCCOCC(=O)Nc1cccc(F)n1. The zero-order chi connectivity index (χ0) is 11.8. The number of hydrogen-bond acceptors (Lipinski definition) is 4. The fraction of sp³-hybridized carbons (Fsp3) is 0.400. The number of rotatable bonds is 6. The second-order valence-corrected chi connectivity index (χ2v) is 2.94. The summed E-state index contributed by atoms with van der Waals surface area (Å²) in [6.07, 6.45) is 0. The molecule has 0 radical (unpaired) electrons. The summed E-state index contributed by atoms with van der Waals surface area (Å²) in [5.74, 6) is -0.854. The molecule has 1 rings (SSSR count). The number of nitrogens with one attached hydrogen (secondary N) is 1. The van der Waals surface area contributed by atoms with Crippen molar-refractivity contribution in [2.24, 2.45) is 0 Å². The molecular formula is C10H13FN2O3. The van der Waals surface area contributed by atoms with Gasteiger partial charge >= 0.3 is 0 Å². The van der Waals surface area contributed by atoms with Crippen LogP contribution < -0.4 is 5.32 Å². The van der Waals surface area contributed by atoms with Gasteiger partial charge in [-0.2, -0.15) is 4.39 Å². The summed E-state index contributed by atoms with van der Waals surface area (Å²) in [5, 5.41) is 2.40. The van der Waals surface area contributed by atoms with Gasteiger partial charge in [0.1, 0.15) is 12.4 Å². The Balaban J connectivity index is 2.29. The first-order chi connectivity index (χ1) is 7.72. The van der Waals surface area contributed by atoms with Crippen LogP contribution in [0.25, 0.3) is 0 Å². The van der Waals surface area contributed by atoms with Crippen molar-refractivity contribution in [3.63, 3.8) is 0 Å². The van der Waals surface area contributed by atoms with Gasteiger partial charge in [0.25, 0.3) is 5.91 Å². The van der Waals surface area contributed by atoms with Crippen molar-refractivity contribution in [3.8, 4) is 0 Å². The third-order valence-electron chi connectivity index (χ3n) is 1.65. The largest absolute Gasteiger partial charge is 0.382 e. The van der Waals surface area contributed by atoms with Gasteiger partial charge in [-0.25, -0.2) is 4.98 Å². The van der Waals surface area contributed by atoms with Gasteiger partial charge in [0.2, 0.25) is 5.95 Å². The van der Waals surface area contributed by atoms with E-state index >= 15 is 0 Å². The Morgan fingerprint density at radius 3 is 3.00 bits per heavy atom. The minimum Gasteiger partial charge on any atom is -0.382 e. The van der Waals surface area contributed by atoms with Gasteiger partial charge in [0.05, 0.1) is 13.2 Å². The molecule has 1 heterocycles. The van der Waals surface area contributed by atoms with E-state index in [-0.39, 0.29) is 18.3 Å². The van der Waals surface area contributed by atoms with Gasteiger partial charge < -0.3 is 14.8 Å². The number of hydrogen-bond donors (Lipinski definition) is 1. The van der Waals surface area contributed by atoms with Crippen molar-refractivity contribution < 1.29 is 18.7 Å². The Morgan fingerprint density at radius 1 is 1.50 bits per heavy atom. The van der Waals surface area contributed by atoms with Gasteiger partial charge in [-0.1, -0.05) is 6.07 Å². The predicted molar refractivity (Wildman–Crippen MR) is 55.5 cm³/mol. The molecule has 1 N–H and O–H groups in total. The lowest BCUT2D eigenvalue weighted by atomic mass is 10.4. The first-order valence-electron chi connectivity index (χ1n) is 4.71. The highest BCUT2D eigenvalue weighted by molar-refractivity contribution is 5.90. The predicted octanol–water partition coefficient (Wildman–Crippen LogP) is 0.822. The maximum absolute atomic E-state index is 12.7. The van der Waals surface area contributed by atoms with E-state index in [1.807, 2.05) is 0 Å². The summed E-state index contributed by atoms with van der Waals surface area (Å²) in [4.78, 5) is 14.7. The molecule has 16 heavy (non-hydrogen) atoms. The lowest BCUT2D eigenvalue weighted by Gasteiger charge is -2.05. The molecule has 0 aliphatic carbocycles. The van der Waals surface area contributed by atoms with E-state index in [4.69, 9.17) is 9.47 Å². The Hall–Kier alpha value is -1.53. The van der Waals surface area contributed by atoms with E-state index in [9.17, 15) is 9.18 Å². The molecule has 1 aromatic rings. The van der Waals surface area contributed by atoms with E-state index in [0.717, 1.165) is 0 Å². The summed E-state index contributed by atoms with van der Waals surface area (Å²) in [7, 11) is 1.54. The molecule has 0 unspecified atom stereocenters. The third-order valence-corrected chi connectivity index (χ3v) is 1.65. The summed E-state index contributed by atoms with van der Waals surface area (Å²) >= 11 is 0. The van der Waals surface area contributed by atoms with Crippen LogP contribution in [0.5, 0.6) is 0 Å². The van der Waals surface area contributed by atoms with Crippen LogP contribution in [-0.2, 0) is 14.3 Å². The molecule has 0 bridgehead atoms. The maximum atomic E-state index is 12.7. The molecule has 0 aliphatic heterocycles. The number of anilines is 1. The van der Waals surface area contributed by atoms with Crippen LogP contribution in [-0.4, -0.2) is 37.8 Å². The van der Waals surface area contributed by atoms with Crippen LogP contribution >= 0.6 is 0 Å². The molecule has 0 aliphatic rings. The standard InChI is InChI=1S/C10H13FN2O3/c1-15-5-6-16-7-10(14)13-9-4-2-3-8(11)12-9/h2-4H,5-7H2,1H3,(H,12,13,14). The maximum Gasteiger partial charge on any atom is 0.251 e. The van der Waals surface area contributed by atoms with Crippen molar-refractivity contribution in [1.29, 1.82) is 0 Å². The first-order valence-corrected chi connectivity index (χ1v) is 4.71. The summed E-state index contributed by atoms with van der Waals surface area (Å²) < 4.78 is 22.4. The number of carbonyl (C=O) groups excluding carboxylic acids is 1. The normalized spacial score (nSPS) is 10.1. The number of nitrogens with zero attached hydrogens (tertiary/aromatic N) is 1. The Labute approximate surface area is 92.6 Å². The third kappa shape index (κ3) is 4.81. The fourth-order valence-corrected chi connectivity index (χ4v) is 0.964. The number of ether oxygens (including phenoxy) is 2. The molecule has 0 spiro atoms.